The monoisotopic (exact) mass is 241 g/mol. The molecule has 0 atom stereocenters. The Morgan fingerprint density at radius 3 is 2.83 bits per heavy atom. The van der Waals surface area contributed by atoms with Crippen molar-refractivity contribution in [2.45, 2.75) is 25.7 Å². The van der Waals surface area contributed by atoms with E-state index in [9.17, 15) is 4.79 Å². The van der Waals surface area contributed by atoms with Crippen molar-refractivity contribution < 1.29 is 4.79 Å². The normalized spacial score (nSPS) is 14.8. The Bertz CT molecular complexity index is 632. The molecule has 4 nitrogen and oxygen atoms in total. The summed E-state index contributed by atoms with van der Waals surface area (Å²) in [6, 6.07) is 7.82. The van der Waals surface area contributed by atoms with Gasteiger partial charge in [-0.3, -0.25) is 15.2 Å². The van der Waals surface area contributed by atoms with Crippen LogP contribution in [0.4, 0.5) is 0 Å². The van der Waals surface area contributed by atoms with Crippen molar-refractivity contribution in [3.8, 4) is 0 Å². The summed E-state index contributed by atoms with van der Waals surface area (Å²) >= 11 is 0. The number of nitrogens with zero attached hydrogens (tertiary/aromatic N) is 1. The van der Waals surface area contributed by atoms with E-state index in [1.165, 1.54) is 0 Å². The van der Waals surface area contributed by atoms with Crippen LogP contribution in [0.1, 0.15) is 40.4 Å². The average Bonchev–Trinajstić information content (AvgIpc) is 3.21. The lowest BCUT2D eigenvalue weighted by molar-refractivity contribution is 0.0955. The number of carbonyl (C=O) groups is 1. The van der Waals surface area contributed by atoms with E-state index < -0.39 is 0 Å². The van der Waals surface area contributed by atoms with Gasteiger partial charge in [0.05, 0.1) is 11.1 Å². The molecule has 1 saturated carbocycles. The van der Waals surface area contributed by atoms with Crippen LogP contribution in [0.5, 0.6) is 0 Å². The molecule has 92 valence electrons. The second-order valence-corrected chi connectivity index (χ2v) is 4.86. The summed E-state index contributed by atoms with van der Waals surface area (Å²) < 4.78 is 0. The molecule has 3 N–H and O–H groups in total. The van der Waals surface area contributed by atoms with Crippen molar-refractivity contribution in [1.29, 1.82) is 0 Å². The topological polar surface area (TPSA) is 68.0 Å². The van der Waals surface area contributed by atoms with Gasteiger partial charge in [-0.25, -0.2) is 5.84 Å². The van der Waals surface area contributed by atoms with Crippen LogP contribution in [-0.2, 0) is 0 Å². The number of nitrogens with two attached hydrogens (primary N) is 1. The predicted molar refractivity (Wildman–Crippen MR) is 70.1 cm³/mol. The second kappa shape index (κ2) is 4.07. The van der Waals surface area contributed by atoms with Crippen molar-refractivity contribution in [1.82, 2.24) is 10.4 Å². The molecule has 1 amide bonds. The van der Waals surface area contributed by atoms with Crippen LogP contribution in [0.2, 0.25) is 0 Å². The van der Waals surface area contributed by atoms with Crippen molar-refractivity contribution in [3.05, 3.63) is 41.1 Å². The Kier molecular flexibility index (Phi) is 2.52. The Labute approximate surface area is 105 Å². The highest BCUT2D eigenvalue weighted by molar-refractivity contribution is 6.06. The van der Waals surface area contributed by atoms with Gasteiger partial charge < -0.3 is 0 Å². The number of pyridine rings is 1. The zero-order chi connectivity index (χ0) is 12.7. The minimum Gasteiger partial charge on any atom is -0.290 e. The number of rotatable bonds is 2. The molecule has 4 heteroatoms. The molecule has 1 aliphatic rings. The maximum absolute atomic E-state index is 11.9. The van der Waals surface area contributed by atoms with Gasteiger partial charge in [-0.1, -0.05) is 11.6 Å². The number of amides is 1. The van der Waals surface area contributed by atoms with E-state index in [0.717, 1.165) is 35.0 Å². The zero-order valence-electron chi connectivity index (χ0n) is 10.2. The minimum atomic E-state index is -0.255. The fraction of sp³-hybridized carbons (Fsp3) is 0.286. The van der Waals surface area contributed by atoms with E-state index in [2.05, 4.69) is 10.4 Å². The third-order valence-electron chi connectivity index (χ3n) is 3.36. The maximum Gasteiger partial charge on any atom is 0.265 e. The first-order chi connectivity index (χ1) is 8.69. The molecule has 0 saturated heterocycles. The fourth-order valence-corrected chi connectivity index (χ4v) is 2.21. The number of fused-ring (bicyclic) bond motifs is 1. The van der Waals surface area contributed by atoms with Crippen LogP contribution in [0.15, 0.2) is 24.3 Å². The molecule has 1 aliphatic carbocycles. The Hall–Kier alpha value is -1.94. The number of nitrogen functional groups attached to an aromatic ring is 1. The number of aryl methyl sites for hydroxylation is 1. The lowest BCUT2D eigenvalue weighted by Crippen LogP contribution is -2.30. The summed E-state index contributed by atoms with van der Waals surface area (Å²) in [6.07, 6.45) is 2.32. The van der Waals surface area contributed by atoms with E-state index in [-0.39, 0.29) is 5.91 Å². The smallest absolute Gasteiger partial charge is 0.265 e. The highest BCUT2D eigenvalue weighted by atomic mass is 16.2. The molecule has 2 aromatic rings. The first-order valence-corrected chi connectivity index (χ1v) is 6.11. The number of carbonyl (C=O) groups excluding carboxylic acids is 1. The fourth-order valence-electron chi connectivity index (χ4n) is 2.21. The Balaban J connectivity index is 2.26. The molecule has 18 heavy (non-hydrogen) atoms. The highest BCUT2D eigenvalue weighted by Gasteiger charge is 2.26. The van der Waals surface area contributed by atoms with Gasteiger partial charge >= 0.3 is 0 Å². The van der Waals surface area contributed by atoms with Crippen molar-refractivity contribution >= 4 is 16.8 Å². The van der Waals surface area contributed by atoms with E-state index >= 15 is 0 Å². The molecule has 1 heterocycles. The summed E-state index contributed by atoms with van der Waals surface area (Å²) in [5.41, 5.74) is 5.81. The molecule has 0 aliphatic heterocycles. The van der Waals surface area contributed by atoms with Gasteiger partial charge in [0.15, 0.2) is 0 Å². The van der Waals surface area contributed by atoms with Gasteiger partial charge in [-0.2, -0.15) is 0 Å². The number of hydrogen-bond donors (Lipinski definition) is 2. The van der Waals surface area contributed by atoms with Crippen LogP contribution in [0, 0.1) is 6.92 Å². The van der Waals surface area contributed by atoms with E-state index in [1.54, 1.807) is 0 Å². The van der Waals surface area contributed by atoms with Gasteiger partial charge in [-0.05, 0) is 38.0 Å². The van der Waals surface area contributed by atoms with Crippen molar-refractivity contribution in [3.63, 3.8) is 0 Å². The average molecular weight is 241 g/mol. The Morgan fingerprint density at radius 1 is 1.39 bits per heavy atom. The molecule has 0 radical (unpaired) electrons. The Morgan fingerprint density at radius 2 is 2.17 bits per heavy atom. The largest absolute Gasteiger partial charge is 0.290 e. The molecular weight excluding hydrogens is 226 g/mol. The van der Waals surface area contributed by atoms with Crippen LogP contribution >= 0.6 is 0 Å². The third kappa shape index (κ3) is 1.84. The predicted octanol–water partition coefficient (Wildman–Crippen LogP) is 2.02. The summed E-state index contributed by atoms with van der Waals surface area (Å²) in [6.45, 7) is 2.00. The van der Waals surface area contributed by atoms with E-state index in [1.807, 2.05) is 31.2 Å². The SMILES string of the molecule is Cc1ccc2nc(C3CC3)cc(C(=O)NN)c2c1. The second-order valence-electron chi connectivity index (χ2n) is 4.86. The number of hydrogen-bond acceptors (Lipinski definition) is 3. The molecule has 0 unspecified atom stereocenters. The van der Waals surface area contributed by atoms with Crippen LogP contribution in [-0.4, -0.2) is 10.9 Å². The number of hydrazine groups is 1. The first-order valence-electron chi connectivity index (χ1n) is 6.11. The molecular formula is C14H15N3O. The maximum atomic E-state index is 11.9. The summed E-state index contributed by atoms with van der Waals surface area (Å²) in [5.74, 6) is 5.51. The lowest BCUT2D eigenvalue weighted by Gasteiger charge is -2.08. The molecule has 3 rings (SSSR count). The number of nitrogens with one attached hydrogen (secondary N) is 1. The van der Waals surface area contributed by atoms with Gasteiger partial charge in [-0.15, -0.1) is 0 Å². The van der Waals surface area contributed by atoms with Crippen LogP contribution < -0.4 is 11.3 Å². The van der Waals surface area contributed by atoms with Gasteiger partial charge in [0, 0.05) is 17.0 Å². The number of benzene rings is 1. The lowest BCUT2D eigenvalue weighted by atomic mass is 10.0. The van der Waals surface area contributed by atoms with Gasteiger partial charge in [0.25, 0.3) is 5.91 Å². The van der Waals surface area contributed by atoms with Crippen molar-refractivity contribution in [2.75, 3.05) is 0 Å². The molecule has 1 aromatic carbocycles. The summed E-state index contributed by atoms with van der Waals surface area (Å²) in [4.78, 5) is 16.5. The quantitative estimate of drug-likeness (QED) is 0.480. The third-order valence-corrected chi connectivity index (χ3v) is 3.36. The zero-order valence-corrected chi connectivity index (χ0v) is 10.2. The van der Waals surface area contributed by atoms with Gasteiger partial charge in [0.1, 0.15) is 0 Å². The summed E-state index contributed by atoms with van der Waals surface area (Å²) in [5, 5.41) is 0.863. The molecule has 1 aromatic heterocycles. The van der Waals surface area contributed by atoms with E-state index in [0.29, 0.717) is 11.5 Å². The van der Waals surface area contributed by atoms with Crippen LogP contribution in [0.3, 0.4) is 0 Å². The van der Waals surface area contributed by atoms with E-state index in [4.69, 9.17) is 5.84 Å². The van der Waals surface area contributed by atoms with Crippen molar-refractivity contribution in [2.24, 2.45) is 5.84 Å². The standard InChI is InChI=1S/C14H15N3O/c1-8-2-5-12-10(6-8)11(14(18)17-15)7-13(16-12)9-3-4-9/h2,5-7,9H,3-4,15H2,1H3,(H,17,18). The molecule has 1 fully saturated rings. The first kappa shape index (κ1) is 11.2. The highest BCUT2D eigenvalue weighted by Crippen LogP contribution is 2.40. The molecule has 0 bridgehead atoms. The molecule has 0 spiro atoms. The summed E-state index contributed by atoms with van der Waals surface area (Å²) in [7, 11) is 0. The van der Waals surface area contributed by atoms with Gasteiger partial charge in [0.2, 0.25) is 0 Å². The minimum absolute atomic E-state index is 0.255. The number of aromatic nitrogens is 1. The van der Waals surface area contributed by atoms with Crippen LogP contribution in [0.25, 0.3) is 10.9 Å².